The fraction of sp³-hybridized carbons (Fsp3) is 0.667. The predicted octanol–water partition coefficient (Wildman–Crippen LogP) is 6.00. The normalized spacial score (nSPS) is 14.1. The molecule has 0 aliphatic carbocycles. The Morgan fingerprint density at radius 1 is 0.842 bits per heavy atom. The van der Waals surface area contributed by atoms with Crippen LogP contribution in [0.2, 0.25) is 0 Å². The lowest BCUT2D eigenvalue weighted by atomic mass is 10.1. The van der Waals surface area contributed by atoms with Crippen LogP contribution in [-0.2, 0) is 5.11 Å². The zero-order chi connectivity index (χ0) is 14.2. The lowest BCUT2D eigenvalue weighted by molar-refractivity contribution is 0.126. The molecule has 0 aromatic rings. The van der Waals surface area contributed by atoms with Crippen molar-refractivity contribution in [3.63, 3.8) is 0 Å². The smallest absolute Gasteiger partial charge is 0.111 e. The van der Waals surface area contributed by atoms with Gasteiger partial charge in [-0.1, -0.05) is 82.4 Å². The standard InChI is InChI=1S/C18H31O/c1-3-5-6-7-8-9-10-11-12-13-14-15-16-17-18(19)4-2/h11-12,14-18H,3-10,13H2,1-2H3/b12-11-,15-14-,17-16+. The monoisotopic (exact) mass is 263 g/mol. The average molecular weight is 263 g/mol. The van der Waals surface area contributed by atoms with E-state index in [0.717, 1.165) is 6.42 Å². The largest absolute Gasteiger partial charge is 0.229 e. The van der Waals surface area contributed by atoms with Gasteiger partial charge in [0.05, 0.1) is 0 Å². The first-order valence-corrected chi connectivity index (χ1v) is 7.95. The Hall–Kier alpha value is -0.820. The van der Waals surface area contributed by atoms with Crippen LogP contribution in [0, 0.1) is 0 Å². The van der Waals surface area contributed by atoms with Gasteiger partial charge in [0.2, 0.25) is 0 Å². The highest BCUT2D eigenvalue weighted by molar-refractivity contribution is 5.06. The Balaban J connectivity index is 3.34. The maximum absolute atomic E-state index is 11.1. The van der Waals surface area contributed by atoms with Gasteiger partial charge in [-0.05, 0) is 25.7 Å². The lowest BCUT2D eigenvalue weighted by Gasteiger charge is -1.97. The molecule has 0 aromatic carbocycles. The highest BCUT2D eigenvalue weighted by Crippen LogP contribution is 2.07. The second kappa shape index (κ2) is 15.2. The highest BCUT2D eigenvalue weighted by atomic mass is 16.3. The third-order valence-corrected chi connectivity index (χ3v) is 3.14. The van der Waals surface area contributed by atoms with Crippen molar-refractivity contribution in [3.8, 4) is 0 Å². The second-order valence-electron chi connectivity index (χ2n) is 5.02. The number of allylic oxidation sites excluding steroid dienone is 5. The van der Waals surface area contributed by atoms with Crippen molar-refractivity contribution in [1.29, 1.82) is 0 Å². The van der Waals surface area contributed by atoms with Crippen molar-refractivity contribution in [2.45, 2.75) is 77.7 Å². The molecule has 1 unspecified atom stereocenters. The summed E-state index contributed by atoms with van der Waals surface area (Å²) in [5, 5.41) is 11.1. The molecule has 0 rings (SSSR count). The van der Waals surface area contributed by atoms with Crippen LogP contribution in [0.1, 0.15) is 71.6 Å². The fourth-order valence-corrected chi connectivity index (χ4v) is 1.82. The van der Waals surface area contributed by atoms with Crippen LogP contribution in [0.5, 0.6) is 0 Å². The summed E-state index contributed by atoms with van der Waals surface area (Å²) in [6.45, 7) is 4.17. The van der Waals surface area contributed by atoms with Gasteiger partial charge in [0.15, 0.2) is 0 Å². The van der Waals surface area contributed by atoms with E-state index in [4.69, 9.17) is 0 Å². The molecule has 0 saturated heterocycles. The van der Waals surface area contributed by atoms with E-state index in [9.17, 15) is 5.11 Å². The van der Waals surface area contributed by atoms with Crippen molar-refractivity contribution in [2.24, 2.45) is 0 Å². The van der Waals surface area contributed by atoms with Gasteiger partial charge in [0, 0.05) is 0 Å². The van der Waals surface area contributed by atoms with Gasteiger partial charge in [-0.25, -0.2) is 5.11 Å². The van der Waals surface area contributed by atoms with E-state index < -0.39 is 6.10 Å². The predicted molar refractivity (Wildman–Crippen MR) is 84.8 cm³/mol. The topological polar surface area (TPSA) is 19.9 Å². The molecule has 0 N–H and O–H groups in total. The SMILES string of the molecule is CCCCCCCC/C=C\C/C=C\C=C\C([O])CC. The van der Waals surface area contributed by atoms with Crippen molar-refractivity contribution in [1.82, 2.24) is 0 Å². The summed E-state index contributed by atoms with van der Waals surface area (Å²) in [4.78, 5) is 0. The van der Waals surface area contributed by atoms with E-state index >= 15 is 0 Å². The highest BCUT2D eigenvalue weighted by Gasteiger charge is 1.92. The van der Waals surface area contributed by atoms with Crippen LogP contribution in [0.4, 0.5) is 0 Å². The van der Waals surface area contributed by atoms with Gasteiger partial charge in [-0.15, -0.1) is 0 Å². The molecule has 0 aliphatic heterocycles. The zero-order valence-corrected chi connectivity index (χ0v) is 12.8. The van der Waals surface area contributed by atoms with E-state index in [2.05, 4.69) is 25.2 Å². The van der Waals surface area contributed by atoms with Gasteiger partial charge in [0.25, 0.3) is 0 Å². The zero-order valence-electron chi connectivity index (χ0n) is 12.8. The van der Waals surface area contributed by atoms with E-state index in [1.165, 1.54) is 44.9 Å². The Kier molecular flexibility index (Phi) is 14.6. The molecule has 1 atom stereocenters. The van der Waals surface area contributed by atoms with Crippen molar-refractivity contribution >= 4 is 0 Å². The van der Waals surface area contributed by atoms with Crippen molar-refractivity contribution in [3.05, 3.63) is 36.5 Å². The summed E-state index contributed by atoms with van der Waals surface area (Å²) < 4.78 is 0. The molecule has 1 heteroatoms. The van der Waals surface area contributed by atoms with Crippen LogP contribution >= 0.6 is 0 Å². The first-order chi connectivity index (χ1) is 9.31. The maximum atomic E-state index is 11.1. The Labute approximate surface area is 120 Å². The number of unbranched alkanes of at least 4 members (excludes halogenated alkanes) is 6. The van der Waals surface area contributed by atoms with Gasteiger partial charge in [0.1, 0.15) is 6.10 Å². The van der Waals surface area contributed by atoms with Crippen LogP contribution in [0.15, 0.2) is 36.5 Å². The Morgan fingerprint density at radius 3 is 2.32 bits per heavy atom. The molecule has 0 amide bonds. The molecule has 0 aliphatic rings. The number of hydrogen-bond acceptors (Lipinski definition) is 0. The number of hydrogen-bond donors (Lipinski definition) is 0. The van der Waals surface area contributed by atoms with E-state index in [-0.39, 0.29) is 0 Å². The summed E-state index contributed by atoms with van der Waals surface area (Å²) in [6, 6.07) is 0. The molecule has 0 spiro atoms. The minimum Gasteiger partial charge on any atom is -0.229 e. The average Bonchev–Trinajstić information content (AvgIpc) is 2.43. The van der Waals surface area contributed by atoms with Crippen LogP contribution < -0.4 is 0 Å². The maximum Gasteiger partial charge on any atom is 0.111 e. The van der Waals surface area contributed by atoms with Crippen LogP contribution in [0.3, 0.4) is 0 Å². The Morgan fingerprint density at radius 2 is 1.58 bits per heavy atom. The molecule has 109 valence electrons. The summed E-state index contributed by atoms with van der Waals surface area (Å²) in [6.07, 6.45) is 22.6. The minimum atomic E-state index is -0.548. The first kappa shape index (κ1) is 18.2. The van der Waals surface area contributed by atoms with E-state index in [1.54, 1.807) is 6.08 Å². The third kappa shape index (κ3) is 15.1. The van der Waals surface area contributed by atoms with Gasteiger partial charge in [-0.3, -0.25) is 0 Å². The van der Waals surface area contributed by atoms with Gasteiger partial charge < -0.3 is 0 Å². The van der Waals surface area contributed by atoms with Gasteiger partial charge in [-0.2, -0.15) is 0 Å². The first-order valence-electron chi connectivity index (χ1n) is 7.95. The number of rotatable bonds is 12. The van der Waals surface area contributed by atoms with E-state index in [1.807, 2.05) is 19.1 Å². The molecule has 0 heterocycles. The Bertz CT molecular complexity index is 250. The van der Waals surface area contributed by atoms with Crippen molar-refractivity contribution < 1.29 is 5.11 Å². The molecule has 1 nitrogen and oxygen atoms in total. The summed E-state index contributed by atoms with van der Waals surface area (Å²) >= 11 is 0. The molecular formula is C18H31O. The summed E-state index contributed by atoms with van der Waals surface area (Å²) in [5.41, 5.74) is 0. The van der Waals surface area contributed by atoms with Gasteiger partial charge >= 0.3 is 0 Å². The molecule has 0 aromatic heterocycles. The second-order valence-corrected chi connectivity index (χ2v) is 5.02. The molecule has 0 bridgehead atoms. The molecule has 0 fully saturated rings. The minimum absolute atomic E-state index is 0.548. The summed E-state index contributed by atoms with van der Waals surface area (Å²) in [7, 11) is 0. The van der Waals surface area contributed by atoms with E-state index in [0.29, 0.717) is 6.42 Å². The van der Waals surface area contributed by atoms with Crippen LogP contribution in [-0.4, -0.2) is 6.10 Å². The van der Waals surface area contributed by atoms with Crippen LogP contribution in [0.25, 0.3) is 0 Å². The summed E-state index contributed by atoms with van der Waals surface area (Å²) in [5.74, 6) is 0. The molecule has 1 radical (unpaired) electrons. The fourth-order valence-electron chi connectivity index (χ4n) is 1.82. The molecule has 0 saturated carbocycles. The third-order valence-electron chi connectivity index (χ3n) is 3.14. The molecule has 19 heavy (non-hydrogen) atoms. The quantitative estimate of drug-likeness (QED) is 0.233. The molecular weight excluding hydrogens is 232 g/mol. The lowest BCUT2D eigenvalue weighted by Crippen LogP contribution is -1.94. The van der Waals surface area contributed by atoms with Crippen molar-refractivity contribution in [2.75, 3.05) is 0 Å².